The third-order valence-corrected chi connectivity index (χ3v) is 4.59. The van der Waals surface area contributed by atoms with E-state index in [4.69, 9.17) is 9.47 Å². The average molecular weight is 468 g/mol. The van der Waals surface area contributed by atoms with Gasteiger partial charge >= 0.3 is 6.61 Å². The Kier molecular flexibility index (Phi) is 8.17. The van der Waals surface area contributed by atoms with Crippen molar-refractivity contribution in [3.05, 3.63) is 83.9 Å². The SMILES string of the molecule is COc1ccc(NC(=O)c2ccc(NC(=O)C=Cc3ccc(OC(F)F)c(OC)c3)cc2)cc1. The van der Waals surface area contributed by atoms with E-state index in [9.17, 15) is 18.4 Å². The minimum Gasteiger partial charge on any atom is -0.497 e. The monoisotopic (exact) mass is 468 g/mol. The maximum absolute atomic E-state index is 12.4. The molecule has 176 valence electrons. The molecule has 0 bridgehead atoms. The summed E-state index contributed by atoms with van der Waals surface area (Å²) in [6.45, 7) is -2.97. The molecule has 0 saturated carbocycles. The maximum Gasteiger partial charge on any atom is 0.387 e. The number of carbonyl (C=O) groups excluding carboxylic acids is 2. The highest BCUT2D eigenvalue weighted by atomic mass is 19.3. The second-order valence-electron chi connectivity index (χ2n) is 6.87. The fourth-order valence-electron chi connectivity index (χ4n) is 2.92. The molecular formula is C25H22F2N2O5. The first-order valence-electron chi connectivity index (χ1n) is 10.1. The topological polar surface area (TPSA) is 85.9 Å². The number of ether oxygens (including phenoxy) is 3. The highest BCUT2D eigenvalue weighted by Gasteiger charge is 2.11. The van der Waals surface area contributed by atoms with Crippen molar-refractivity contribution in [1.82, 2.24) is 0 Å². The van der Waals surface area contributed by atoms with Gasteiger partial charge < -0.3 is 24.8 Å². The van der Waals surface area contributed by atoms with E-state index in [1.165, 1.54) is 37.5 Å². The molecule has 2 amide bonds. The van der Waals surface area contributed by atoms with Crippen LogP contribution in [-0.4, -0.2) is 32.6 Å². The molecule has 2 N–H and O–H groups in total. The van der Waals surface area contributed by atoms with Crippen LogP contribution in [0.5, 0.6) is 17.2 Å². The van der Waals surface area contributed by atoms with Crippen molar-refractivity contribution in [2.24, 2.45) is 0 Å². The van der Waals surface area contributed by atoms with Gasteiger partial charge in [0.1, 0.15) is 5.75 Å². The van der Waals surface area contributed by atoms with E-state index in [2.05, 4.69) is 15.4 Å². The lowest BCUT2D eigenvalue weighted by Gasteiger charge is -2.10. The molecule has 3 aromatic rings. The number of rotatable bonds is 9. The number of anilines is 2. The zero-order valence-electron chi connectivity index (χ0n) is 18.4. The lowest BCUT2D eigenvalue weighted by Crippen LogP contribution is -2.12. The van der Waals surface area contributed by atoms with Crippen LogP contribution in [0.3, 0.4) is 0 Å². The molecule has 0 aliphatic carbocycles. The smallest absolute Gasteiger partial charge is 0.387 e. The lowest BCUT2D eigenvalue weighted by atomic mass is 10.1. The van der Waals surface area contributed by atoms with E-state index in [1.807, 2.05) is 0 Å². The Hall–Kier alpha value is -4.40. The number of carbonyl (C=O) groups is 2. The van der Waals surface area contributed by atoms with E-state index in [1.54, 1.807) is 55.6 Å². The molecule has 0 heterocycles. The number of methoxy groups -OCH3 is 2. The zero-order chi connectivity index (χ0) is 24.5. The average Bonchev–Trinajstić information content (AvgIpc) is 2.84. The molecule has 0 spiro atoms. The van der Waals surface area contributed by atoms with Crippen LogP contribution in [0, 0.1) is 0 Å². The van der Waals surface area contributed by atoms with Crippen molar-refractivity contribution < 1.29 is 32.6 Å². The van der Waals surface area contributed by atoms with Gasteiger partial charge in [0.05, 0.1) is 14.2 Å². The minimum absolute atomic E-state index is 0.102. The van der Waals surface area contributed by atoms with Gasteiger partial charge in [-0.15, -0.1) is 0 Å². The van der Waals surface area contributed by atoms with E-state index in [-0.39, 0.29) is 17.4 Å². The van der Waals surface area contributed by atoms with Crippen LogP contribution in [0.15, 0.2) is 72.8 Å². The van der Waals surface area contributed by atoms with Crippen molar-refractivity contribution in [2.45, 2.75) is 6.61 Å². The van der Waals surface area contributed by atoms with Crippen molar-refractivity contribution in [3.8, 4) is 17.2 Å². The first-order chi connectivity index (χ1) is 16.4. The van der Waals surface area contributed by atoms with Crippen LogP contribution < -0.4 is 24.8 Å². The van der Waals surface area contributed by atoms with Gasteiger partial charge in [-0.05, 0) is 72.3 Å². The van der Waals surface area contributed by atoms with Gasteiger partial charge in [-0.1, -0.05) is 6.07 Å². The molecule has 0 saturated heterocycles. The van der Waals surface area contributed by atoms with E-state index < -0.39 is 12.5 Å². The maximum atomic E-state index is 12.4. The molecule has 0 radical (unpaired) electrons. The summed E-state index contributed by atoms with van der Waals surface area (Å²) < 4.78 is 39.3. The number of benzene rings is 3. The predicted octanol–water partition coefficient (Wildman–Crippen LogP) is 5.21. The Morgan fingerprint density at radius 1 is 0.824 bits per heavy atom. The number of hydrogen-bond acceptors (Lipinski definition) is 5. The van der Waals surface area contributed by atoms with E-state index in [0.717, 1.165) is 0 Å². The summed E-state index contributed by atoms with van der Waals surface area (Å²) in [7, 11) is 2.89. The summed E-state index contributed by atoms with van der Waals surface area (Å²) in [4.78, 5) is 24.6. The Labute approximate surface area is 195 Å². The van der Waals surface area contributed by atoms with Gasteiger partial charge in [0.2, 0.25) is 5.91 Å². The molecule has 0 atom stereocenters. The largest absolute Gasteiger partial charge is 0.497 e. The Bertz CT molecular complexity index is 1160. The number of amides is 2. The molecule has 7 nitrogen and oxygen atoms in total. The first kappa shape index (κ1) is 24.2. The Balaban J connectivity index is 1.57. The van der Waals surface area contributed by atoms with Gasteiger partial charge in [-0.2, -0.15) is 8.78 Å². The summed E-state index contributed by atoms with van der Waals surface area (Å²) in [5.41, 5.74) is 2.09. The molecule has 0 unspecified atom stereocenters. The van der Waals surface area contributed by atoms with Crippen LogP contribution in [0.4, 0.5) is 20.2 Å². The second-order valence-corrected chi connectivity index (χ2v) is 6.87. The normalized spacial score (nSPS) is 10.7. The molecule has 34 heavy (non-hydrogen) atoms. The number of alkyl halides is 2. The molecule has 0 aliphatic heterocycles. The van der Waals surface area contributed by atoms with Crippen molar-refractivity contribution in [2.75, 3.05) is 24.9 Å². The third-order valence-electron chi connectivity index (χ3n) is 4.59. The van der Waals surface area contributed by atoms with Gasteiger partial charge in [-0.25, -0.2) is 0 Å². The Morgan fingerprint density at radius 3 is 2.09 bits per heavy atom. The van der Waals surface area contributed by atoms with Crippen molar-refractivity contribution >= 4 is 29.3 Å². The molecule has 0 aromatic heterocycles. The summed E-state index contributed by atoms with van der Waals surface area (Å²) in [5, 5.41) is 5.46. The van der Waals surface area contributed by atoms with Gasteiger partial charge in [-0.3, -0.25) is 9.59 Å². The number of halogens is 2. The van der Waals surface area contributed by atoms with Gasteiger partial charge in [0, 0.05) is 23.0 Å². The van der Waals surface area contributed by atoms with Crippen LogP contribution in [0.2, 0.25) is 0 Å². The molecule has 0 fully saturated rings. The first-order valence-corrected chi connectivity index (χ1v) is 10.1. The van der Waals surface area contributed by atoms with Gasteiger partial charge in [0.25, 0.3) is 5.91 Å². The van der Waals surface area contributed by atoms with Crippen molar-refractivity contribution in [3.63, 3.8) is 0 Å². The number of nitrogens with one attached hydrogen (secondary N) is 2. The van der Waals surface area contributed by atoms with E-state index in [0.29, 0.717) is 28.3 Å². The second kappa shape index (κ2) is 11.5. The van der Waals surface area contributed by atoms with Crippen molar-refractivity contribution in [1.29, 1.82) is 0 Å². The zero-order valence-corrected chi connectivity index (χ0v) is 18.4. The van der Waals surface area contributed by atoms with Crippen LogP contribution >= 0.6 is 0 Å². The number of hydrogen-bond donors (Lipinski definition) is 2. The van der Waals surface area contributed by atoms with Crippen LogP contribution in [-0.2, 0) is 4.79 Å². The highest BCUT2D eigenvalue weighted by Crippen LogP contribution is 2.29. The minimum atomic E-state index is -2.97. The summed E-state index contributed by atoms with van der Waals surface area (Å²) in [5.74, 6) is -0.0101. The van der Waals surface area contributed by atoms with Gasteiger partial charge in [0.15, 0.2) is 11.5 Å². The molecule has 3 rings (SSSR count). The summed E-state index contributed by atoms with van der Waals surface area (Å²) in [6.07, 6.45) is 2.79. The lowest BCUT2D eigenvalue weighted by molar-refractivity contribution is -0.111. The quantitative estimate of drug-likeness (QED) is 0.421. The predicted molar refractivity (Wildman–Crippen MR) is 125 cm³/mol. The highest BCUT2D eigenvalue weighted by molar-refractivity contribution is 6.05. The fourth-order valence-corrected chi connectivity index (χ4v) is 2.92. The summed E-state index contributed by atoms with van der Waals surface area (Å²) >= 11 is 0. The molecule has 3 aromatic carbocycles. The standard InChI is InChI=1S/C25H22F2N2O5/c1-32-20-11-9-19(10-12-20)29-24(31)17-5-7-18(8-6-17)28-23(30)14-4-16-3-13-21(34-25(26)27)22(15-16)33-2/h3-15,25H,1-2H3,(H,28,30)(H,29,31). The fraction of sp³-hybridized carbons (Fsp3) is 0.120. The summed E-state index contributed by atoms with van der Waals surface area (Å²) in [6, 6.07) is 17.6. The van der Waals surface area contributed by atoms with Crippen LogP contribution in [0.1, 0.15) is 15.9 Å². The molecule has 0 aliphatic rings. The van der Waals surface area contributed by atoms with E-state index >= 15 is 0 Å². The molecule has 9 heteroatoms. The Morgan fingerprint density at radius 2 is 1.47 bits per heavy atom. The van der Waals surface area contributed by atoms with Crippen LogP contribution in [0.25, 0.3) is 6.08 Å². The third kappa shape index (κ3) is 6.80. The molecular weight excluding hydrogens is 446 g/mol.